The predicted octanol–water partition coefficient (Wildman–Crippen LogP) is 3.07. The molecule has 7 heteroatoms. The number of fused-ring (bicyclic) bond motifs is 1. The molecule has 7 nitrogen and oxygen atoms in total. The van der Waals surface area contributed by atoms with Gasteiger partial charge in [-0.2, -0.15) is 9.61 Å². The highest BCUT2D eigenvalue weighted by molar-refractivity contribution is 5.64. The minimum Gasteiger partial charge on any atom is -0.368 e. The molecule has 4 rings (SSSR count). The minimum absolute atomic E-state index is 0.742. The van der Waals surface area contributed by atoms with Gasteiger partial charge in [-0.3, -0.25) is 0 Å². The summed E-state index contributed by atoms with van der Waals surface area (Å²) in [4.78, 5) is 7.25. The molecule has 1 aliphatic rings. The van der Waals surface area contributed by atoms with Crippen LogP contribution in [-0.4, -0.2) is 50.8 Å². The van der Waals surface area contributed by atoms with Gasteiger partial charge < -0.3 is 14.7 Å². The van der Waals surface area contributed by atoms with Crippen LogP contribution in [0, 0.1) is 13.8 Å². The molecule has 1 fully saturated rings. The zero-order valence-electron chi connectivity index (χ0n) is 15.7. The molecule has 0 bridgehead atoms. The number of aromatic nitrogens is 4. The van der Waals surface area contributed by atoms with E-state index in [1.165, 1.54) is 31.5 Å². The van der Waals surface area contributed by atoms with Gasteiger partial charge in [0.05, 0.1) is 0 Å². The van der Waals surface area contributed by atoms with Gasteiger partial charge in [-0.05, 0) is 46.2 Å². The minimum atomic E-state index is 0.742. The topological polar surface area (TPSA) is 71.5 Å². The van der Waals surface area contributed by atoms with E-state index in [-0.39, 0.29) is 0 Å². The fraction of sp³-hybridized carbons (Fsp3) is 0.526. The first-order valence-electron chi connectivity index (χ1n) is 9.45. The van der Waals surface area contributed by atoms with Crippen molar-refractivity contribution in [3.63, 3.8) is 0 Å². The Hall–Kier alpha value is -2.41. The van der Waals surface area contributed by atoms with Crippen LogP contribution >= 0.6 is 0 Å². The van der Waals surface area contributed by atoms with E-state index in [0.29, 0.717) is 0 Å². The molecular formula is C19H26N6O. The highest BCUT2D eigenvalue weighted by Crippen LogP contribution is 2.25. The Morgan fingerprint density at radius 2 is 1.96 bits per heavy atom. The molecule has 0 atom stereocenters. The van der Waals surface area contributed by atoms with Gasteiger partial charge in [0, 0.05) is 36.5 Å². The van der Waals surface area contributed by atoms with Gasteiger partial charge in [-0.25, -0.2) is 4.98 Å². The van der Waals surface area contributed by atoms with Crippen molar-refractivity contribution in [2.45, 2.75) is 40.0 Å². The summed E-state index contributed by atoms with van der Waals surface area (Å²) >= 11 is 0. The monoisotopic (exact) mass is 354 g/mol. The van der Waals surface area contributed by atoms with E-state index in [0.717, 1.165) is 53.8 Å². The van der Waals surface area contributed by atoms with Crippen LogP contribution in [0.25, 0.3) is 17.0 Å². The van der Waals surface area contributed by atoms with Gasteiger partial charge in [0.15, 0.2) is 5.65 Å². The average Bonchev–Trinajstić information content (AvgIpc) is 3.35. The van der Waals surface area contributed by atoms with E-state index in [2.05, 4.69) is 29.2 Å². The number of likely N-dealkylation sites (tertiary alicyclic amines) is 1. The summed E-state index contributed by atoms with van der Waals surface area (Å²) in [7, 11) is 0. The number of nitrogens with zero attached hydrogens (tertiary/aromatic N) is 5. The van der Waals surface area contributed by atoms with E-state index in [1.54, 1.807) is 0 Å². The van der Waals surface area contributed by atoms with Gasteiger partial charge in [0.1, 0.15) is 23.0 Å². The van der Waals surface area contributed by atoms with Crippen molar-refractivity contribution in [2.24, 2.45) is 0 Å². The molecule has 1 aliphatic heterocycles. The first kappa shape index (κ1) is 17.0. The summed E-state index contributed by atoms with van der Waals surface area (Å²) in [6.45, 7) is 10.5. The number of hydrogen-bond donors (Lipinski definition) is 1. The van der Waals surface area contributed by atoms with Crippen molar-refractivity contribution in [1.82, 2.24) is 24.7 Å². The summed E-state index contributed by atoms with van der Waals surface area (Å²) in [6, 6.07) is 3.87. The number of nitrogens with one attached hydrogen (secondary N) is 1. The van der Waals surface area contributed by atoms with E-state index >= 15 is 0 Å². The number of rotatable bonds is 6. The second-order valence-corrected chi connectivity index (χ2v) is 6.98. The van der Waals surface area contributed by atoms with Crippen LogP contribution < -0.4 is 5.32 Å². The standard InChI is InChI=1S/C19H26N6O/c1-4-15-14(3)21-18-12-16(17-11-13(2)26-23-17)22-25(18)19(15)20-7-10-24-8-5-6-9-24/h11-12,20H,4-10H2,1-3H3. The molecule has 0 unspecified atom stereocenters. The summed E-state index contributed by atoms with van der Waals surface area (Å²) < 4.78 is 7.11. The van der Waals surface area contributed by atoms with Crippen LogP contribution in [-0.2, 0) is 6.42 Å². The Morgan fingerprint density at radius 3 is 2.65 bits per heavy atom. The third-order valence-corrected chi connectivity index (χ3v) is 5.07. The van der Waals surface area contributed by atoms with Gasteiger partial charge in [-0.15, -0.1) is 0 Å². The fourth-order valence-corrected chi connectivity index (χ4v) is 3.71. The van der Waals surface area contributed by atoms with Gasteiger partial charge >= 0.3 is 0 Å². The lowest BCUT2D eigenvalue weighted by molar-refractivity contribution is 0.352. The Bertz CT molecular complexity index is 906. The zero-order chi connectivity index (χ0) is 18.1. The fourth-order valence-electron chi connectivity index (χ4n) is 3.71. The summed E-state index contributed by atoms with van der Waals surface area (Å²) in [5.41, 5.74) is 4.62. The number of anilines is 1. The van der Waals surface area contributed by atoms with Gasteiger partial charge in [-0.1, -0.05) is 12.1 Å². The van der Waals surface area contributed by atoms with E-state index in [9.17, 15) is 0 Å². The Balaban J connectivity index is 1.67. The summed E-state index contributed by atoms with van der Waals surface area (Å²) in [6.07, 6.45) is 3.55. The summed E-state index contributed by atoms with van der Waals surface area (Å²) in [5, 5.41) is 12.5. The second kappa shape index (κ2) is 7.07. The molecule has 0 aliphatic carbocycles. The van der Waals surface area contributed by atoms with Crippen LogP contribution in [0.3, 0.4) is 0 Å². The largest absolute Gasteiger partial charge is 0.368 e. The van der Waals surface area contributed by atoms with E-state index in [1.807, 2.05) is 23.6 Å². The number of hydrogen-bond acceptors (Lipinski definition) is 6. The summed E-state index contributed by atoms with van der Waals surface area (Å²) in [5.74, 6) is 1.82. The van der Waals surface area contributed by atoms with Crippen LogP contribution in [0.15, 0.2) is 16.7 Å². The number of aryl methyl sites for hydroxylation is 2. The molecule has 0 spiro atoms. The van der Waals surface area contributed by atoms with Crippen molar-refractivity contribution < 1.29 is 4.52 Å². The molecule has 3 aromatic rings. The molecule has 1 N–H and O–H groups in total. The molecule has 0 amide bonds. The Labute approximate surface area is 153 Å². The molecule has 0 saturated carbocycles. The molecule has 0 aromatic carbocycles. The zero-order valence-corrected chi connectivity index (χ0v) is 15.7. The average molecular weight is 354 g/mol. The van der Waals surface area contributed by atoms with Crippen LogP contribution in [0.5, 0.6) is 0 Å². The lowest BCUT2D eigenvalue weighted by Crippen LogP contribution is -2.27. The normalized spacial score (nSPS) is 15.2. The molecule has 0 radical (unpaired) electrons. The molecule has 26 heavy (non-hydrogen) atoms. The third-order valence-electron chi connectivity index (χ3n) is 5.07. The SMILES string of the molecule is CCc1c(C)nc2cc(-c3cc(C)on3)nn2c1NCCN1CCCC1. The second-order valence-electron chi connectivity index (χ2n) is 6.98. The van der Waals surface area contributed by atoms with Crippen molar-refractivity contribution >= 4 is 11.5 Å². The Morgan fingerprint density at radius 1 is 1.15 bits per heavy atom. The van der Waals surface area contributed by atoms with Gasteiger partial charge in [0.2, 0.25) is 0 Å². The van der Waals surface area contributed by atoms with E-state index < -0.39 is 0 Å². The molecule has 138 valence electrons. The van der Waals surface area contributed by atoms with Crippen molar-refractivity contribution in [1.29, 1.82) is 0 Å². The highest BCUT2D eigenvalue weighted by atomic mass is 16.5. The molecule has 1 saturated heterocycles. The van der Waals surface area contributed by atoms with Crippen molar-refractivity contribution in [3.05, 3.63) is 29.2 Å². The third kappa shape index (κ3) is 3.19. The predicted molar refractivity (Wildman–Crippen MR) is 101 cm³/mol. The van der Waals surface area contributed by atoms with Gasteiger partial charge in [0.25, 0.3) is 0 Å². The lowest BCUT2D eigenvalue weighted by atomic mass is 10.1. The quantitative estimate of drug-likeness (QED) is 0.733. The highest BCUT2D eigenvalue weighted by Gasteiger charge is 2.17. The van der Waals surface area contributed by atoms with E-state index in [4.69, 9.17) is 14.6 Å². The first-order valence-corrected chi connectivity index (χ1v) is 9.45. The van der Waals surface area contributed by atoms with Crippen LogP contribution in [0.4, 0.5) is 5.82 Å². The van der Waals surface area contributed by atoms with Crippen LogP contribution in [0.1, 0.15) is 36.8 Å². The smallest absolute Gasteiger partial charge is 0.158 e. The molecular weight excluding hydrogens is 328 g/mol. The molecule has 3 aromatic heterocycles. The Kier molecular flexibility index (Phi) is 4.63. The first-order chi connectivity index (χ1) is 12.7. The maximum Gasteiger partial charge on any atom is 0.158 e. The lowest BCUT2D eigenvalue weighted by Gasteiger charge is -2.18. The van der Waals surface area contributed by atoms with Crippen molar-refractivity contribution in [2.75, 3.05) is 31.5 Å². The van der Waals surface area contributed by atoms with Crippen LogP contribution in [0.2, 0.25) is 0 Å². The maximum absolute atomic E-state index is 5.19. The maximum atomic E-state index is 5.19. The van der Waals surface area contributed by atoms with Crippen molar-refractivity contribution in [3.8, 4) is 11.4 Å². The molecule has 4 heterocycles.